The Morgan fingerprint density at radius 1 is 1.04 bits per heavy atom. The zero-order valence-corrected chi connectivity index (χ0v) is 15.9. The number of carbonyl (C=O) groups excluding carboxylic acids is 2. The van der Waals surface area contributed by atoms with Crippen LogP contribution in [0.1, 0.15) is 12.5 Å². The Labute approximate surface area is 159 Å². The number of hydrogen-bond acceptors (Lipinski definition) is 5. The molecule has 7 heteroatoms. The monoisotopic (exact) mass is 368 g/mol. The summed E-state index contributed by atoms with van der Waals surface area (Å²) in [6.07, 6.45) is 1.53. The topological polar surface area (TPSA) is 83.0 Å². The largest absolute Gasteiger partial charge is 0.497 e. The Morgan fingerprint density at radius 2 is 1.67 bits per heavy atom. The fraction of sp³-hybridized carbons (Fsp3) is 0.250. The fourth-order valence-corrected chi connectivity index (χ4v) is 2.17. The van der Waals surface area contributed by atoms with E-state index in [0.29, 0.717) is 11.4 Å². The van der Waals surface area contributed by atoms with Crippen LogP contribution in [0.3, 0.4) is 0 Å². The van der Waals surface area contributed by atoms with E-state index in [1.165, 1.54) is 13.1 Å². The van der Waals surface area contributed by atoms with E-state index in [9.17, 15) is 9.59 Å². The quantitative estimate of drug-likeness (QED) is 0.447. The van der Waals surface area contributed by atoms with Crippen molar-refractivity contribution in [2.75, 3.05) is 31.4 Å². The number of hydrogen-bond donors (Lipinski definition) is 2. The van der Waals surface area contributed by atoms with Crippen LogP contribution in [0, 0.1) is 5.92 Å². The van der Waals surface area contributed by atoms with E-state index >= 15 is 0 Å². The van der Waals surface area contributed by atoms with Crippen molar-refractivity contribution in [1.82, 2.24) is 5.43 Å². The maximum atomic E-state index is 12.2. The second kappa shape index (κ2) is 9.38. The summed E-state index contributed by atoms with van der Waals surface area (Å²) in [5.74, 6) is -1.10. The van der Waals surface area contributed by atoms with Gasteiger partial charge in [-0.15, -0.1) is 0 Å². The molecule has 2 amide bonds. The van der Waals surface area contributed by atoms with E-state index in [4.69, 9.17) is 4.74 Å². The molecule has 7 nitrogen and oxygen atoms in total. The highest BCUT2D eigenvalue weighted by Crippen LogP contribution is 2.16. The number of ether oxygens (including phenoxy) is 1. The van der Waals surface area contributed by atoms with E-state index in [0.717, 1.165) is 11.3 Å². The number of carbonyl (C=O) groups is 2. The molecule has 0 aromatic heterocycles. The van der Waals surface area contributed by atoms with Crippen molar-refractivity contribution in [2.24, 2.45) is 11.0 Å². The van der Waals surface area contributed by atoms with Gasteiger partial charge in [0.1, 0.15) is 11.7 Å². The van der Waals surface area contributed by atoms with Gasteiger partial charge in [0.05, 0.1) is 13.3 Å². The summed E-state index contributed by atoms with van der Waals surface area (Å²) in [4.78, 5) is 26.3. The molecule has 2 aromatic rings. The molecule has 0 saturated heterocycles. The fourth-order valence-electron chi connectivity index (χ4n) is 2.17. The average Bonchev–Trinajstić information content (AvgIpc) is 2.68. The van der Waals surface area contributed by atoms with Crippen LogP contribution < -0.4 is 20.4 Å². The molecule has 0 bridgehead atoms. The van der Waals surface area contributed by atoms with Gasteiger partial charge in [0.15, 0.2) is 0 Å². The predicted octanol–water partition coefficient (Wildman–Crippen LogP) is 2.49. The molecule has 0 fully saturated rings. The lowest BCUT2D eigenvalue weighted by atomic mass is 10.1. The van der Waals surface area contributed by atoms with Crippen molar-refractivity contribution in [1.29, 1.82) is 0 Å². The lowest BCUT2D eigenvalue weighted by Gasteiger charge is -2.12. The molecule has 0 spiro atoms. The van der Waals surface area contributed by atoms with Crippen LogP contribution in [-0.2, 0) is 9.59 Å². The van der Waals surface area contributed by atoms with Crippen LogP contribution >= 0.6 is 0 Å². The Bertz CT molecular complexity index is 799. The zero-order chi connectivity index (χ0) is 19.8. The molecule has 2 N–H and O–H groups in total. The highest BCUT2D eigenvalue weighted by molar-refractivity contribution is 6.06. The summed E-state index contributed by atoms with van der Waals surface area (Å²) in [5, 5.41) is 6.60. The zero-order valence-electron chi connectivity index (χ0n) is 15.9. The second-order valence-electron chi connectivity index (χ2n) is 6.16. The lowest BCUT2D eigenvalue weighted by Crippen LogP contribution is -2.34. The van der Waals surface area contributed by atoms with Gasteiger partial charge in [-0.25, -0.2) is 5.43 Å². The number of nitrogens with one attached hydrogen (secondary N) is 2. The number of hydrazone groups is 1. The van der Waals surface area contributed by atoms with Gasteiger partial charge in [0.2, 0.25) is 5.91 Å². The molecule has 2 rings (SSSR count). The molecule has 0 radical (unpaired) electrons. The molecule has 0 aliphatic heterocycles. The molecule has 1 atom stereocenters. The number of anilines is 2. The smallest absolute Gasteiger partial charge is 0.252 e. The van der Waals surface area contributed by atoms with Crippen LogP contribution in [0.25, 0.3) is 0 Å². The molecular formula is C20H24N4O3. The highest BCUT2D eigenvalue weighted by atomic mass is 16.5. The minimum Gasteiger partial charge on any atom is -0.497 e. The SMILES string of the molecule is COc1ccc(NC(=O)C(C)C(=O)NN=Cc2ccc(N(C)C)cc2)cc1. The maximum absolute atomic E-state index is 12.2. The van der Waals surface area contributed by atoms with Gasteiger partial charge < -0.3 is 15.0 Å². The van der Waals surface area contributed by atoms with Crippen molar-refractivity contribution in [3.05, 3.63) is 54.1 Å². The van der Waals surface area contributed by atoms with E-state index in [1.54, 1.807) is 31.4 Å². The van der Waals surface area contributed by atoms with Crippen molar-refractivity contribution in [3.63, 3.8) is 0 Å². The number of methoxy groups -OCH3 is 1. The summed E-state index contributed by atoms with van der Waals surface area (Å²) in [6, 6.07) is 14.6. The van der Waals surface area contributed by atoms with Crippen molar-refractivity contribution in [2.45, 2.75) is 6.92 Å². The van der Waals surface area contributed by atoms with E-state index in [1.807, 2.05) is 43.3 Å². The third kappa shape index (κ3) is 5.85. The van der Waals surface area contributed by atoms with E-state index in [-0.39, 0.29) is 0 Å². The molecule has 0 heterocycles. The second-order valence-corrected chi connectivity index (χ2v) is 6.16. The third-order valence-corrected chi connectivity index (χ3v) is 3.94. The maximum Gasteiger partial charge on any atom is 0.252 e. The van der Waals surface area contributed by atoms with Crippen LogP contribution in [0.4, 0.5) is 11.4 Å². The first-order chi connectivity index (χ1) is 12.9. The van der Waals surface area contributed by atoms with Gasteiger partial charge >= 0.3 is 0 Å². The minimum absolute atomic E-state index is 0.414. The number of amides is 2. The van der Waals surface area contributed by atoms with Gasteiger partial charge in [-0.05, 0) is 48.9 Å². The number of benzene rings is 2. The summed E-state index contributed by atoms with van der Waals surface area (Å²) in [5.41, 5.74) is 4.89. The van der Waals surface area contributed by atoms with Crippen LogP contribution in [-0.4, -0.2) is 39.2 Å². The molecule has 0 saturated carbocycles. The summed E-state index contributed by atoms with van der Waals surface area (Å²) in [6.45, 7) is 1.52. The van der Waals surface area contributed by atoms with Gasteiger partial charge in [-0.2, -0.15) is 5.10 Å². The first-order valence-corrected chi connectivity index (χ1v) is 8.46. The van der Waals surface area contributed by atoms with Gasteiger partial charge in [0, 0.05) is 25.5 Å². The molecule has 27 heavy (non-hydrogen) atoms. The molecular weight excluding hydrogens is 344 g/mol. The normalized spacial score (nSPS) is 11.7. The first-order valence-electron chi connectivity index (χ1n) is 8.46. The number of rotatable bonds is 7. The number of nitrogens with zero attached hydrogens (tertiary/aromatic N) is 2. The third-order valence-electron chi connectivity index (χ3n) is 3.94. The Morgan fingerprint density at radius 3 is 2.22 bits per heavy atom. The molecule has 2 aromatic carbocycles. The van der Waals surface area contributed by atoms with E-state index in [2.05, 4.69) is 15.8 Å². The van der Waals surface area contributed by atoms with Crippen molar-refractivity contribution in [3.8, 4) is 5.75 Å². The standard InChI is InChI=1S/C20H24N4O3/c1-14(19(25)22-16-7-11-18(27-4)12-8-16)20(26)23-21-13-15-5-9-17(10-6-15)24(2)3/h5-14H,1-4H3,(H,22,25)(H,23,26). The van der Waals surface area contributed by atoms with Crippen LogP contribution in [0.15, 0.2) is 53.6 Å². The summed E-state index contributed by atoms with van der Waals surface area (Å²) in [7, 11) is 5.49. The van der Waals surface area contributed by atoms with Crippen molar-refractivity contribution >= 4 is 29.4 Å². The first kappa shape index (κ1) is 20.0. The molecule has 0 aliphatic rings. The average molecular weight is 368 g/mol. The van der Waals surface area contributed by atoms with Gasteiger partial charge in [0.25, 0.3) is 5.91 Å². The predicted molar refractivity (Wildman–Crippen MR) is 107 cm³/mol. The Balaban J connectivity index is 1.87. The summed E-state index contributed by atoms with van der Waals surface area (Å²) < 4.78 is 5.06. The van der Waals surface area contributed by atoms with Crippen molar-refractivity contribution < 1.29 is 14.3 Å². The highest BCUT2D eigenvalue weighted by Gasteiger charge is 2.21. The summed E-state index contributed by atoms with van der Waals surface area (Å²) >= 11 is 0. The lowest BCUT2D eigenvalue weighted by molar-refractivity contribution is -0.131. The minimum atomic E-state index is -0.889. The van der Waals surface area contributed by atoms with Gasteiger partial charge in [-0.1, -0.05) is 12.1 Å². The Kier molecular flexibility index (Phi) is 6.93. The van der Waals surface area contributed by atoms with Crippen LogP contribution in [0.2, 0.25) is 0 Å². The van der Waals surface area contributed by atoms with E-state index < -0.39 is 17.7 Å². The molecule has 142 valence electrons. The Hall–Kier alpha value is -3.35. The van der Waals surface area contributed by atoms with Gasteiger partial charge in [-0.3, -0.25) is 9.59 Å². The molecule has 1 unspecified atom stereocenters. The van der Waals surface area contributed by atoms with Crippen LogP contribution in [0.5, 0.6) is 5.75 Å². The molecule has 0 aliphatic carbocycles.